The summed E-state index contributed by atoms with van der Waals surface area (Å²) in [5.41, 5.74) is 1.76. The molecule has 4 nitrogen and oxygen atoms in total. The first kappa shape index (κ1) is 16.8. The quantitative estimate of drug-likeness (QED) is 0.838. The summed E-state index contributed by atoms with van der Waals surface area (Å²) < 4.78 is 5.27. The van der Waals surface area contributed by atoms with Crippen molar-refractivity contribution < 1.29 is 9.53 Å². The first-order valence-electron chi connectivity index (χ1n) is 8.08. The highest BCUT2D eigenvalue weighted by Crippen LogP contribution is 2.27. The van der Waals surface area contributed by atoms with Crippen LogP contribution in [0, 0.1) is 12.8 Å². The van der Waals surface area contributed by atoms with Gasteiger partial charge in [-0.3, -0.25) is 4.79 Å². The molecule has 1 aromatic carbocycles. The molecule has 22 heavy (non-hydrogen) atoms. The van der Waals surface area contributed by atoms with Gasteiger partial charge in [0, 0.05) is 24.7 Å². The normalized spacial score (nSPS) is 21.5. The summed E-state index contributed by atoms with van der Waals surface area (Å²) in [6.07, 6.45) is 2.34. The minimum Gasteiger partial charge on any atom is -0.496 e. The van der Waals surface area contributed by atoms with Crippen molar-refractivity contribution in [3.05, 3.63) is 29.3 Å². The van der Waals surface area contributed by atoms with Crippen molar-refractivity contribution in [2.75, 3.05) is 34.3 Å². The van der Waals surface area contributed by atoms with Crippen molar-refractivity contribution >= 4 is 5.91 Å². The van der Waals surface area contributed by atoms with E-state index in [-0.39, 0.29) is 5.91 Å². The summed E-state index contributed by atoms with van der Waals surface area (Å²) in [4.78, 5) is 17.0. The van der Waals surface area contributed by atoms with E-state index in [1.54, 1.807) is 7.11 Å². The van der Waals surface area contributed by atoms with Crippen molar-refractivity contribution in [3.8, 4) is 5.75 Å². The molecule has 2 atom stereocenters. The van der Waals surface area contributed by atoms with E-state index in [0.717, 1.165) is 30.0 Å². The second-order valence-electron chi connectivity index (χ2n) is 6.47. The van der Waals surface area contributed by atoms with Gasteiger partial charge in [0.15, 0.2) is 0 Å². The number of hydrogen-bond donors (Lipinski definition) is 0. The van der Waals surface area contributed by atoms with E-state index >= 15 is 0 Å². The first-order chi connectivity index (χ1) is 10.5. The number of hydrogen-bond acceptors (Lipinski definition) is 3. The average molecular weight is 304 g/mol. The maximum atomic E-state index is 12.8. The van der Waals surface area contributed by atoms with E-state index in [1.165, 1.54) is 12.8 Å². The van der Waals surface area contributed by atoms with Crippen LogP contribution < -0.4 is 4.74 Å². The molecule has 1 aliphatic rings. The Bertz CT molecular complexity index is 528. The lowest BCUT2D eigenvalue weighted by Crippen LogP contribution is -2.36. The number of amides is 1. The first-order valence-corrected chi connectivity index (χ1v) is 8.08. The average Bonchev–Trinajstić information content (AvgIpc) is 2.91. The molecule has 0 bridgehead atoms. The van der Waals surface area contributed by atoms with Crippen molar-refractivity contribution in [1.29, 1.82) is 0 Å². The Morgan fingerprint density at radius 3 is 2.64 bits per heavy atom. The van der Waals surface area contributed by atoms with Gasteiger partial charge >= 0.3 is 0 Å². The molecule has 1 fully saturated rings. The highest BCUT2D eigenvalue weighted by molar-refractivity contribution is 5.94. The topological polar surface area (TPSA) is 32.8 Å². The summed E-state index contributed by atoms with van der Waals surface area (Å²) in [7, 11) is 5.87. The molecular weight excluding hydrogens is 276 g/mol. The zero-order valence-corrected chi connectivity index (χ0v) is 14.4. The molecule has 0 radical (unpaired) electrons. The summed E-state index contributed by atoms with van der Waals surface area (Å²) in [5.74, 6) is 1.53. The highest BCUT2D eigenvalue weighted by atomic mass is 16.5. The predicted octanol–water partition coefficient (Wildman–Crippen LogP) is 2.81. The molecule has 1 aromatic rings. The summed E-state index contributed by atoms with van der Waals surface area (Å²) in [5, 5.41) is 0. The lowest BCUT2D eigenvalue weighted by Gasteiger charge is -2.24. The van der Waals surface area contributed by atoms with Crippen LogP contribution in [0.15, 0.2) is 18.2 Å². The lowest BCUT2D eigenvalue weighted by atomic mass is 9.98. The number of carbonyl (C=O) groups excluding carboxylic acids is 1. The number of methoxy groups -OCH3 is 1. The second kappa shape index (κ2) is 7.14. The van der Waals surface area contributed by atoms with Crippen LogP contribution >= 0.6 is 0 Å². The molecule has 0 spiro atoms. The molecule has 2 rings (SSSR count). The number of ether oxygens (including phenoxy) is 1. The van der Waals surface area contributed by atoms with Crippen LogP contribution in [0.1, 0.15) is 35.7 Å². The largest absolute Gasteiger partial charge is 0.496 e. The number of benzene rings is 1. The van der Waals surface area contributed by atoms with Gasteiger partial charge in [-0.2, -0.15) is 0 Å². The van der Waals surface area contributed by atoms with Crippen LogP contribution in [0.2, 0.25) is 0 Å². The Hall–Kier alpha value is -1.55. The third-order valence-electron chi connectivity index (χ3n) is 4.66. The van der Waals surface area contributed by atoms with Crippen molar-refractivity contribution in [3.63, 3.8) is 0 Å². The molecule has 0 saturated carbocycles. The molecule has 0 aliphatic carbocycles. The molecule has 1 heterocycles. The third kappa shape index (κ3) is 3.43. The number of carbonyl (C=O) groups is 1. The van der Waals surface area contributed by atoms with Gasteiger partial charge in [0.2, 0.25) is 0 Å². The zero-order valence-electron chi connectivity index (χ0n) is 14.4. The van der Waals surface area contributed by atoms with Gasteiger partial charge < -0.3 is 14.5 Å². The number of rotatable bonds is 5. The van der Waals surface area contributed by atoms with Gasteiger partial charge in [-0.1, -0.05) is 13.3 Å². The predicted molar refractivity (Wildman–Crippen MR) is 89.5 cm³/mol. The molecular formula is C18H28N2O2. The van der Waals surface area contributed by atoms with Crippen LogP contribution in [-0.2, 0) is 0 Å². The molecule has 4 heteroatoms. The summed E-state index contributed by atoms with van der Waals surface area (Å²) in [6, 6.07) is 6.14. The molecule has 1 amide bonds. The number of likely N-dealkylation sites (tertiary alicyclic amines) is 1. The Morgan fingerprint density at radius 1 is 1.36 bits per heavy atom. The Morgan fingerprint density at radius 2 is 2.09 bits per heavy atom. The standard InChI is InChI=1S/C18H28N2O2/c1-6-7-15-11-20(12-16(15)19(3)4)18(21)14-8-9-17(22-5)13(2)10-14/h8-10,15-16H,6-7,11-12H2,1-5H3/t15-,16-/m1/s1. The Balaban J connectivity index is 2.14. The molecule has 0 N–H and O–H groups in total. The van der Waals surface area contributed by atoms with Crippen LogP contribution in [-0.4, -0.2) is 56.0 Å². The van der Waals surface area contributed by atoms with Crippen molar-refractivity contribution in [2.24, 2.45) is 5.92 Å². The molecule has 0 aromatic heterocycles. The summed E-state index contributed by atoms with van der Waals surface area (Å²) >= 11 is 0. The van der Waals surface area contributed by atoms with E-state index in [0.29, 0.717) is 12.0 Å². The molecule has 0 unspecified atom stereocenters. The fourth-order valence-electron chi connectivity index (χ4n) is 3.45. The molecule has 122 valence electrons. The maximum Gasteiger partial charge on any atom is 0.253 e. The van der Waals surface area contributed by atoms with Crippen LogP contribution in [0.25, 0.3) is 0 Å². The SMILES string of the molecule is CCC[C@@H]1CN(C(=O)c2ccc(OC)c(C)c2)C[C@H]1N(C)C. The smallest absolute Gasteiger partial charge is 0.253 e. The summed E-state index contributed by atoms with van der Waals surface area (Å²) in [6.45, 7) is 5.87. The van der Waals surface area contributed by atoms with Crippen LogP contribution in [0.5, 0.6) is 5.75 Å². The Labute approximate surface area is 134 Å². The van der Waals surface area contributed by atoms with E-state index in [2.05, 4.69) is 25.9 Å². The fourth-order valence-corrected chi connectivity index (χ4v) is 3.45. The third-order valence-corrected chi connectivity index (χ3v) is 4.66. The van der Waals surface area contributed by atoms with Crippen molar-refractivity contribution in [2.45, 2.75) is 32.7 Å². The van der Waals surface area contributed by atoms with Gasteiger partial charge in [0.1, 0.15) is 5.75 Å². The Kier molecular flexibility index (Phi) is 5.46. The second-order valence-corrected chi connectivity index (χ2v) is 6.47. The van der Waals surface area contributed by atoms with Gasteiger partial charge in [-0.15, -0.1) is 0 Å². The lowest BCUT2D eigenvalue weighted by molar-refractivity contribution is 0.0780. The van der Waals surface area contributed by atoms with Gasteiger partial charge in [0.25, 0.3) is 5.91 Å². The van der Waals surface area contributed by atoms with Crippen LogP contribution in [0.4, 0.5) is 0 Å². The molecule has 1 saturated heterocycles. The zero-order chi connectivity index (χ0) is 16.3. The minimum atomic E-state index is 0.135. The van der Waals surface area contributed by atoms with Gasteiger partial charge in [-0.25, -0.2) is 0 Å². The van der Waals surface area contributed by atoms with E-state index < -0.39 is 0 Å². The minimum absolute atomic E-state index is 0.135. The maximum absolute atomic E-state index is 12.8. The fraction of sp³-hybridized carbons (Fsp3) is 0.611. The number of likely N-dealkylation sites (N-methyl/N-ethyl adjacent to an activating group) is 1. The van der Waals surface area contributed by atoms with Crippen molar-refractivity contribution in [1.82, 2.24) is 9.80 Å². The monoisotopic (exact) mass is 304 g/mol. The van der Waals surface area contributed by atoms with E-state index in [9.17, 15) is 4.79 Å². The van der Waals surface area contributed by atoms with Crippen LogP contribution in [0.3, 0.4) is 0 Å². The van der Waals surface area contributed by atoms with Gasteiger partial charge in [-0.05, 0) is 57.1 Å². The number of nitrogens with zero attached hydrogens (tertiary/aromatic N) is 2. The highest BCUT2D eigenvalue weighted by Gasteiger charge is 2.36. The number of aryl methyl sites for hydroxylation is 1. The van der Waals surface area contributed by atoms with E-state index in [4.69, 9.17) is 4.74 Å². The van der Waals surface area contributed by atoms with E-state index in [1.807, 2.05) is 30.0 Å². The molecule has 1 aliphatic heterocycles. The van der Waals surface area contributed by atoms with Gasteiger partial charge in [0.05, 0.1) is 7.11 Å².